The van der Waals surface area contributed by atoms with Crippen LogP contribution in [0.15, 0.2) is 33.8 Å². The average molecular weight is 386 g/mol. The molecule has 0 spiro atoms. The molecule has 1 aromatic carbocycles. The summed E-state index contributed by atoms with van der Waals surface area (Å²) in [6.45, 7) is 2.76. The Labute approximate surface area is 111 Å². The van der Waals surface area contributed by atoms with E-state index in [-0.39, 0.29) is 0 Å². The lowest BCUT2D eigenvalue weighted by atomic mass is 10.3. The molecular weight excluding hydrogens is 376 g/mol. The van der Waals surface area contributed by atoms with Crippen LogP contribution < -0.4 is 5.32 Å². The molecule has 0 radical (unpaired) electrons. The number of benzene rings is 1. The molecule has 0 fully saturated rings. The van der Waals surface area contributed by atoms with Crippen LogP contribution in [0.4, 0.5) is 5.69 Å². The summed E-state index contributed by atoms with van der Waals surface area (Å²) in [5.74, 6) is 0. The summed E-state index contributed by atoms with van der Waals surface area (Å²) in [5, 5.41) is 3.28. The first-order chi connectivity index (χ1) is 6.63. The van der Waals surface area contributed by atoms with Crippen LogP contribution in [-0.2, 0) is 0 Å². The van der Waals surface area contributed by atoms with Gasteiger partial charge in [-0.2, -0.15) is 0 Å². The van der Waals surface area contributed by atoms with Crippen LogP contribution in [0.25, 0.3) is 0 Å². The quantitative estimate of drug-likeness (QED) is 0.748. The first-order valence-corrected chi connectivity index (χ1v) is 6.39. The van der Waals surface area contributed by atoms with Crippen molar-refractivity contribution in [2.75, 3.05) is 11.9 Å². The fraction of sp³-hybridized carbons (Fsp3) is 0.200. The van der Waals surface area contributed by atoms with E-state index in [0.29, 0.717) is 0 Å². The minimum absolute atomic E-state index is 0.774. The van der Waals surface area contributed by atoms with E-state index in [4.69, 9.17) is 11.6 Å². The Morgan fingerprint density at radius 1 is 1.64 bits per heavy atom. The molecule has 0 aromatic heterocycles. The van der Waals surface area contributed by atoms with Gasteiger partial charge < -0.3 is 5.32 Å². The standard InChI is InChI=1S/C10H10BrClIN/c1-7(5-12)6-14-8-2-3-10(13)9(11)4-8/h2-5,14H,6H2,1H3/b7-5-. The molecule has 4 heteroatoms. The number of hydrogen-bond acceptors (Lipinski definition) is 1. The monoisotopic (exact) mass is 385 g/mol. The van der Waals surface area contributed by atoms with Crippen molar-refractivity contribution in [1.82, 2.24) is 0 Å². The molecule has 1 rings (SSSR count). The predicted molar refractivity (Wildman–Crippen MR) is 75.0 cm³/mol. The molecule has 0 atom stereocenters. The maximum Gasteiger partial charge on any atom is 0.0369 e. The minimum Gasteiger partial charge on any atom is -0.381 e. The first kappa shape index (κ1) is 12.3. The van der Waals surface area contributed by atoms with E-state index in [1.165, 1.54) is 3.57 Å². The zero-order valence-corrected chi connectivity index (χ0v) is 12.1. The maximum atomic E-state index is 5.56. The van der Waals surface area contributed by atoms with Gasteiger partial charge in [-0.3, -0.25) is 0 Å². The van der Waals surface area contributed by atoms with Gasteiger partial charge in [0.25, 0.3) is 0 Å². The second-order valence-electron chi connectivity index (χ2n) is 2.94. The van der Waals surface area contributed by atoms with Gasteiger partial charge in [0.05, 0.1) is 0 Å². The molecule has 14 heavy (non-hydrogen) atoms. The summed E-state index contributed by atoms with van der Waals surface area (Å²) in [6.07, 6.45) is 0. The second kappa shape index (κ2) is 5.98. The highest BCUT2D eigenvalue weighted by molar-refractivity contribution is 14.1. The van der Waals surface area contributed by atoms with E-state index < -0.39 is 0 Å². The topological polar surface area (TPSA) is 12.0 Å². The van der Waals surface area contributed by atoms with Gasteiger partial charge in [0.1, 0.15) is 0 Å². The van der Waals surface area contributed by atoms with Crippen LogP contribution in [-0.4, -0.2) is 6.54 Å². The van der Waals surface area contributed by atoms with E-state index in [1.54, 1.807) is 5.54 Å². The molecule has 0 amide bonds. The van der Waals surface area contributed by atoms with Crippen LogP contribution in [0.2, 0.25) is 0 Å². The summed E-state index contributed by atoms with van der Waals surface area (Å²) < 4.78 is 2.31. The third-order valence-corrected chi connectivity index (χ3v) is 4.39. The Kier molecular flexibility index (Phi) is 5.26. The zero-order valence-electron chi connectivity index (χ0n) is 7.65. The number of anilines is 1. The molecule has 0 aliphatic carbocycles. The van der Waals surface area contributed by atoms with Crippen molar-refractivity contribution in [1.29, 1.82) is 0 Å². The van der Waals surface area contributed by atoms with E-state index in [2.05, 4.69) is 56.0 Å². The Hall–Kier alpha value is 0.260. The van der Waals surface area contributed by atoms with Gasteiger partial charge in [-0.15, -0.1) is 0 Å². The molecule has 0 saturated carbocycles. The van der Waals surface area contributed by atoms with E-state index in [9.17, 15) is 0 Å². The molecule has 0 heterocycles. The lowest BCUT2D eigenvalue weighted by molar-refractivity contribution is 1.21. The molecule has 0 unspecified atom stereocenters. The van der Waals surface area contributed by atoms with Crippen molar-refractivity contribution in [2.45, 2.75) is 6.92 Å². The van der Waals surface area contributed by atoms with Crippen molar-refractivity contribution in [3.63, 3.8) is 0 Å². The van der Waals surface area contributed by atoms with Crippen molar-refractivity contribution in [2.24, 2.45) is 0 Å². The third-order valence-electron chi connectivity index (χ3n) is 1.68. The Balaban J connectivity index is 2.64. The fourth-order valence-corrected chi connectivity index (χ4v) is 1.68. The summed E-state index contributed by atoms with van der Waals surface area (Å²) in [5.41, 5.74) is 3.80. The van der Waals surface area contributed by atoms with E-state index >= 15 is 0 Å². The minimum atomic E-state index is 0.774. The highest BCUT2D eigenvalue weighted by Crippen LogP contribution is 2.22. The molecule has 1 nitrogen and oxygen atoms in total. The number of halogens is 3. The maximum absolute atomic E-state index is 5.56. The Morgan fingerprint density at radius 2 is 2.36 bits per heavy atom. The molecule has 1 aromatic rings. The van der Waals surface area contributed by atoms with Crippen LogP contribution in [0, 0.1) is 3.57 Å². The van der Waals surface area contributed by atoms with Crippen molar-refractivity contribution >= 4 is 55.8 Å². The van der Waals surface area contributed by atoms with E-state index in [0.717, 1.165) is 22.3 Å². The summed E-state index contributed by atoms with van der Waals surface area (Å²) in [6, 6.07) is 6.17. The molecule has 0 bridgehead atoms. The Bertz CT molecular complexity index is 352. The molecule has 76 valence electrons. The number of rotatable bonds is 3. The van der Waals surface area contributed by atoms with Gasteiger partial charge >= 0.3 is 0 Å². The number of hydrogen-bond donors (Lipinski definition) is 1. The summed E-state index contributed by atoms with van der Waals surface area (Å²) >= 11 is 11.3. The van der Waals surface area contributed by atoms with Crippen molar-refractivity contribution < 1.29 is 0 Å². The summed E-state index contributed by atoms with van der Waals surface area (Å²) in [7, 11) is 0. The molecular formula is C10H10BrClIN. The molecule has 0 aliphatic heterocycles. The second-order valence-corrected chi connectivity index (χ2v) is 5.17. The van der Waals surface area contributed by atoms with Crippen molar-refractivity contribution in [3.8, 4) is 0 Å². The number of nitrogens with one attached hydrogen (secondary N) is 1. The normalized spacial score (nSPS) is 11.6. The van der Waals surface area contributed by atoms with E-state index in [1.807, 2.05) is 13.0 Å². The fourth-order valence-electron chi connectivity index (χ4n) is 0.886. The van der Waals surface area contributed by atoms with Crippen LogP contribution >= 0.6 is 50.1 Å². The summed E-state index contributed by atoms with van der Waals surface area (Å²) in [4.78, 5) is 0. The van der Waals surface area contributed by atoms with Crippen LogP contribution in [0.1, 0.15) is 6.92 Å². The van der Waals surface area contributed by atoms with Crippen molar-refractivity contribution in [3.05, 3.63) is 37.4 Å². The average Bonchev–Trinajstić information content (AvgIpc) is 2.19. The SMILES string of the molecule is C/C(=C/Cl)CNc1ccc(I)c(Br)c1. The highest BCUT2D eigenvalue weighted by atomic mass is 127. The van der Waals surface area contributed by atoms with Gasteiger partial charge in [0, 0.05) is 25.8 Å². The lowest BCUT2D eigenvalue weighted by Crippen LogP contribution is -2.02. The van der Waals surface area contributed by atoms with Crippen LogP contribution in [0.5, 0.6) is 0 Å². The van der Waals surface area contributed by atoms with Gasteiger partial charge in [-0.25, -0.2) is 0 Å². The largest absolute Gasteiger partial charge is 0.381 e. The first-order valence-electron chi connectivity index (χ1n) is 4.08. The predicted octanol–water partition coefficient (Wildman–Crippen LogP) is 4.61. The van der Waals surface area contributed by atoms with Crippen LogP contribution in [0.3, 0.4) is 0 Å². The van der Waals surface area contributed by atoms with Gasteiger partial charge in [0.2, 0.25) is 0 Å². The smallest absolute Gasteiger partial charge is 0.0369 e. The molecule has 0 saturated heterocycles. The van der Waals surface area contributed by atoms with Gasteiger partial charge in [0.15, 0.2) is 0 Å². The lowest BCUT2D eigenvalue weighted by Gasteiger charge is -2.07. The molecule has 0 aliphatic rings. The van der Waals surface area contributed by atoms with Gasteiger partial charge in [-0.05, 0) is 69.2 Å². The third kappa shape index (κ3) is 3.79. The molecule has 1 N–H and O–H groups in total. The van der Waals surface area contributed by atoms with Gasteiger partial charge in [-0.1, -0.05) is 11.6 Å². The highest BCUT2D eigenvalue weighted by Gasteiger charge is 1.97. The Morgan fingerprint density at radius 3 is 2.93 bits per heavy atom. The zero-order chi connectivity index (χ0) is 10.6.